The maximum absolute atomic E-state index is 6.49. The van der Waals surface area contributed by atoms with Gasteiger partial charge in [0.05, 0.1) is 0 Å². The fraction of sp³-hybridized carbons (Fsp3) is 0.556. The number of hydrogen-bond donors (Lipinski definition) is 2. The minimum Gasteiger partial charge on any atom is -0.457 e. The van der Waals surface area contributed by atoms with Gasteiger partial charge in [0.1, 0.15) is 23.0 Å². The molecule has 0 heterocycles. The van der Waals surface area contributed by atoms with Gasteiger partial charge in [0.2, 0.25) is 0 Å². The first-order chi connectivity index (χ1) is 28.1. The normalized spacial score (nSPS) is 18.3. The molecule has 314 valence electrons. The molecule has 4 aromatic rings. The molecule has 0 aliphatic heterocycles. The van der Waals surface area contributed by atoms with Gasteiger partial charge in [0.25, 0.3) is 0 Å². The molecule has 4 aromatic carbocycles. The quantitative estimate of drug-likeness (QED) is 0.0692. The van der Waals surface area contributed by atoms with Gasteiger partial charge in [-0.25, -0.2) is 0 Å². The third-order valence-electron chi connectivity index (χ3n) is 14.1. The molecular formula is C54H76N2O2. The van der Waals surface area contributed by atoms with Crippen molar-refractivity contribution in [1.82, 2.24) is 0 Å². The van der Waals surface area contributed by atoms with Crippen molar-refractivity contribution in [2.75, 3.05) is 11.5 Å². The summed E-state index contributed by atoms with van der Waals surface area (Å²) in [5.74, 6) is 6.18. The molecule has 4 N–H and O–H groups in total. The number of benzene rings is 4. The van der Waals surface area contributed by atoms with Crippen molar-refractivity contribution in [3.8, 4) is 23.0 Å². The fourth-order valence-electron chi connectivity index (χ4n) is 10.7. The van der Waals surface area contributed by atoms with E-state index in [1.165, 1.54) is 168 Å². The van der Waals surface area contributed by atoms with Gasteiger partial charge < -0.3 is 20.9 Å². The second-order valence-electron chi connectivity index (χ2n) is 18.6. The molecule has 0 atom stereocenters. The molecule has 2 aliphatic carbocycles. The molecule has 6 rings (SSSR count). The summed E-state index contributed by atoms with van der Waals surface area (Å²) >= 11 is 0. The summed E-state index contributed by atoms with van der Waals surface area (Å²) in [4.78, 5) is 0. The van der Waals surface area contributed by atoms with Crippen molar-refractivity contribution in [2.45, 2.75) is 175 Å². The van der Waals surface area contributed by atoms with Crippen molar-refractivity contribution in [3.63, 3.8) is 0 Å². The standard InChI is InChI=1S/C54H76N2O2/c1-6-7-8-9-10-11-12-13-14-15-16-17-18-43-19-21-44(22-20-43)45-31-33-54(34-32-45,46-35-39(2)52(40(3)36-46)57-50-27-23-48(55)24-28-50)47-37-41(4)53(42(5)38-47)58-51-29-25-49(56)26-30-51/h23-30,35-38,43-45H,6-22,31-34,55-56H2,1-5H3. The van der Waals surface area contributed by atoms with Crippen LogP contribution >= 0.6 is 0 Å². The van der Waals surface area contributed by atoms with Gasteiger partial charge in [-0.1, -0.05) is 128 Å². The molecule has 0 aromatic heterocycles. The monoisotopic (exact) mass is 785 g/mol. The van der Waals surface area contributed by atoms with Crippen LogP contribution in [0.15, 0.2) is 72.8 Å². The second-order valence-corrected chi connectivity index (χ2v) is 18.6. The highest BCUT2D eigenvalue weighted by Gasteiger charge is 2.42. The molecule has 0 radical (unpaired) electrons. The summed E-state index contributed by atoms with van der Waals surface area (Å²) < 4.78 is 13.0. The van der Waals surface area contributed by atoms with E-state index in [0.29, 0.717) is 0 Å². The van der Waals surface area contributed by atoms with Gasteiger partial charge in [0.15, 0.2) is 0 Å². The van der Waals surface area contributed by atoms with Crippen molar-refractivity contribution in [2.24, 2.45) is 17.8 Å². The fourth-order valence-corrected chi connectivity index (χ4v) is 10.7. The molecule has 4 nitrogen and oxygen atoms in total. The van der Waals surface area contributed by atoms with Gasteiger partial charge in [0, 0.05) is 16.8 Å². The van der Waals surface area contributed by atoms with Crippen LogP contribution in [0.5, 0.6) is 23.0 Å². The maximum Gasteiger partial charge on any atom is 0.133 e. The zero-order valence-corrected chi connectivity index (χ0v) is 37.0. The SMILES string of the molecule is CCCCCCCCCCCCCCC1CCC(C2CCC(c3cc(C)c(Oc4ccc(N)cc4)c(C)c3)(c3cc(C)c(Oc4ccc(N)cc4)c(C)c3)CC2)CC1. The summed E-state index contributed by atoms with van der Waals surface area (Å²) in [6.45, 7) is 11.1. The zero-order chi connectivity index (χ0) is 40.9. The Balaban J connectivity index is 1.09. The van der Waals surface area contributed by atoms with Crippen molar-refractivity contribution < 1.29 is 9.47 Å². The van der Waals surface area contributed by atoms with Crippen molar-refractivity contribution in [3.05, 3.63) is 106 Å². The highest BCUT2D eigenvalue weighted by molar-refractivity contribution is 5.55. The van der Waals surface area contributed by atoms with E-state index in [2.05, 4.69) is 58.9 Å². The zero-order valence-electron chi connectivity index (χ0n) is 37.0. The molecule has 0 saturated heterocycles. The van der Waals surface area contributed by atoms with Crippen molar-refractivity contribution >= 4 is 11.4 Å². The molecule has 0 bridgehead atoms. The predicted octanol–water partition coefficient (Wildman–Crippen LogP) is 16.0. The Morgan fingerprint density at radius 1 is 0.483 bits per heavy atom. The lowest BCUT2D eigenvalue weighted by Crippen LogP contribution is -2.36. The molecular weight excluding hydrogens is 709 g/mol. The highest BCUT2D eigenvalue weighted by Crippen LogP contribution is 2.52. The van der Waals surface area contributed by atoms with Crippen LogP contribution in [0, 0.1) is 45.4 Å². The van der Waals surface area contributed by atoms with Gasteiger partial charge in [-0.3, -0.25) is 0 Å². The predicted molar refractivity (Wildman–Crippen MR) is 248 cm³/mol. The molecule has 4 heteroatoms. The van der Waals surface area contributed by atoms with Crippen LogP contribution in [0.4, 0.5) is 11.4 Å². The number of nitrogen functional groups attached to an aromatic ring is 2. The first-order valence-corrected chi connectivity index (χ1v) is 23.5. The lowest BCUT2D eigenvalue weighted by molar-refractivity contribution is 0.140. The number of aryl methyl sites for hydroxylation is 4. The summed E-state index contributed by atoms with van der Waals surface area (Å²) in [5, 5.41) is 0. The Kier molecular flexibility index (Phi) is 16.1. The molecule has 2 aliphatic rings. The largest absolute Gasteiger partial charge is 0.457 e. The minimum absolute atomic E-state index is 0.0627. The van der Waals surface area contributed by atoms with E-state index >= 15 is 0 Å². The topological polar surface area (TPSA) is 70.5 Å². The summed E-state index contributed by atoms with van der Waals surface area (Å²) in [6.07, 6.45) is 29.4. The van der Waals surface area contributed by atoms with Crippen LogP contribution in [0.1, 0.15) is 175 Å². The highest BCUT2D eigenvalue weighted by atomic mass is 16.5. The number of ether oxygens (including phenoxy) is 2. The molecule has 2 saturated carbocycles. The Morgan fingerprint density at radius 2 is 0.845 bits per heavy atom. The van der Waals surface area contributed by atoms with E-state index in [1.54, 1.807) is 0 Å². The average molecular weight is 785 g/mol. The molecule has 0 amide bonds. The molecule has 58 heavy (non-hydrogen) atoms. The number of nitrogens with two attached hydrogens (primary N) is 2. The third-order valence-corrected chi connectivity index (χ3v) is 14.1. The summed E-state index contributed by atoms with van der Waals surface area (Å²) in [7, 11) is 0. The number of unbranched alkanes of at least 4 members (excludes halogenated alkanes) is 11. The Hall–Kier alpha value is -3.92. The van der Waals surface area contributed by atoms with E-state index in [1.807, 2.05) is 48.5 Å². The minimum atomic E-state index is -0.0627. The van der Waals surface area contributed by atoms with Crippen LogP contribution < -0.4 is 20.9 Å². The molecule has 0 spiro atoms. The Bertz CT molecular complexity index is 1690. The molecule has 2 fully saturated rings. The maximum atomic E-state index is 6.49. The number of hydrogen-bond acceptors (Lipinski definition) is 4. The lowest BCUT2D eigenvalue weighted by atomic mass is 9.59. The Labute approximate surface area is 352 Å². The van der Waals surface area contributed by atoms with Gasteiger partial charge in [-0.05, 0) is 166 Å². The van der Waals surface area contributed by atoms with E-state index in [4.69, 9.17) is 20.9 Å². The first-order valence-electron chi connectivity index (χ1n) is 23.5. The third kappa shape index (κ3) is 11.6. The van der Waals surface area contributed by atoms with Gasteiger partial charge in [-0.15, -0.1) is 0 Å². The number of anilines is 2. The van der Waals surface area contributed by atoms with Crippen LogP contribution in [0.3, 0.4) is 0 Å². The first kappa shape index (κ1) is 43.7. The Morgan fingerprint density at radius 3 is 1.24 bits per heavy atom. The summed E-state index contributed by atoms with van der Waals surface area (Å²) in [5.41, 5.74) is 20.9. The van der Waals surface area contributed by atoms with Crippen LogP contribution in [-0.2, 0) is 5.41 Å². The van der Waals surface area contributed by atoms with Gasteiger partial charge in [-0.2, -0.15) is 0 Å². The average Bonchev–Trinajstić information content (AvgIpc) is 3.22. The smallest absolute Gasteiger partial charge is 0.133 e. The van der Waals surface area contributed by atoms with E-state index < -0.39 is 0 Å². The van der Waals surface area contributed by atoms with E-state index in [-0.39, 0.29) is 5.41 Å². The molecule has 0 unspecified atom stereocenters. The van der Waals surface area contributed by atoms with E-state index in [0.717, 1.165) is 52.1 Å². The second kappa shape index (κ2) is 21.4. The lowest BCUT2D eigenvalue weighted by Gasteiger charge is -2.45. The van der Waals surface area contributed by atoms with Crippen molar-refractivity contribution in [1.29, 1.82) is 0 Å². The van der Waals surface area contributed by atoms with Crippen LogP contribution in [0.25, 0.3) is 0 Å². The van der Waals surface area contributed by atoms with Crippen LogP contribution in [0.2, 0.25) is 0 Å². The number of rotatable bonds is 20. The van der Waals surface area contributed by atoms with Gasteiger partial charge >= 0.3 is 0 Å². The summed E-state index contributed by atoms with van der Waals surface area (Å²) in [6, 6.07) is 25.1. The van der Waals surface area contributed by atoms with Crippen LogP contribution in [-0.4, -0.2) is 0 Å². The van der Waals surface area contributed by atoms with E-state index in [9.17, 15) is 0 Å².